The van der Waals surface area contributed by atoms with E-state index in [4.69, 9.17) is 4.42 Å². The lowest BCUT2D eigenvalue weighted by atomic mass is 10.1. The third kappa shape index (κ3) is 4.56. The maximum Gasteiger partial charge on any atom is 0.224 e. The maximum absolute atomic E-state index is 11.5. The minimum Gasteiger partial charge on any atom is -0.463 e. The van der Waals surface area contributed by atoms with Crippen LogP contribution in [-0.2, 0) is 23.5 Å². The van der Waals surface area contributed by atoms with Crippen LogP contribution in [0.1, 0.15) is 17.1 Å². The fraction of sp³-hybridized carbons (Fsp3) is 0.312. The fourth-order valence-corrected chi connectivity index (χ4v) is 2.47. The second kappa shape index (κ2) is 7.78. The van der Waals surface area contributed by atoms with Gasteiger partial charge in [-0.15, -0.1) is 0 Å². The molecule has 2 N–H and O–H groups in total. The number of para-hydroxylation sites is 1. The Morgan fingerprint density at radius 2 is 1.95 bits per heavy atom. The van der Waals surface area contributed by atoms with Crippen LogP contribution in [-0.4, -0.2) is 19.2 Å². The van der Waals surface area contributed by atoms with E-state index >= 15 is 0 Å². The summed E-state index contributed by atoms with van der Waals surface area (Å²) in [5, 5.41) is 5.98. The number of anilines is 1. The Morgan fingerprint density at radius 3 is 2.71 bits per heavy atom. The summed E-state index contributed by atoms with van der Waals surface area (Å²) in [6.07, 6.45) is 2.42. The summed E-state index contributed by atoms with van der Waals surface area (Å²) >= 11 is 1.74. The molecule has 2 aromatic rings. The fourth-order valence-electron chi connectivity index (χ4n) is 2.03. The van der Waals surface area contributed by atoms with Crippen LogP contribution in [0.4, 0.5) is 5.69 Å². The van der Waals surface area contributed by atoms with Gasteiger partial charge in [0.05, 0.1) is 18.7 Å². The van der Waals surface area contributed by atoms with Crippen LogP contribution in [0.5, 0.6) is 0 Å². The number of furan rings is 1. The highest BCUT2D eigenvalue weighted by Crippen LogP contribution is 2.18. The molecule has 5 heteroatoms. The van der Waals surface area contributed by atoms with E-state index in [2.05, 4.69) is 16.9 Å². The zero-order chi connectivity index (χ0) is 15.1. The highest BCUT2D eigenvalue weighted by Gasteiger charge is 2.07. The van der Waals surface area contributed by atoms with Gasteiger partial charge in [-0.2, -0.15) is 11.8 Å². The lowest BCUT2D eigenvalue weighted by molar-refractivity contribution is -0.119. The first-order valence-electron chi connectivity index (χ1n) is 6.82. The van der Waals surface area contributed by atoms with Gasteiger partial charge in [-0.25, -0.2) is 0 Å². The van der Waals surface area contributed by atoms with Crippen LogP contribution in [0.3, 0.4) is 0 Å². The van der Waals surface area contributed by atoms with Gasteiger partial charge in [0.15, 0.2) is 0 Å². The molecular weight excluding hydrogens is 284 g/mol. The van der Waals surface area contributed by atoms with Crippen LogP contribution in [0.2, 0.25) is 0 Å². The number of hydrogen-bond acceptors (Lipinski definition) is 4. The molecule has 0 saturated heterocycles. The Balaban J connectivity index is 2.00. The van der Waals surface area contributed by atoms with Gasteiger partial charge in [0.25, 0.3) is 0 Å². The van der Waals surface area contributed by atoms with Crippen molar-refractivity contribution in [2.24, 2.45) is 0 Å². The molecule has 0 unspecified atom stereocenters. The number of carbonyl (C=O) groups is 1. The van der Waals surface area contributed by atoms with E-state index in [0.717, 1.165) is 28.5 Å². The molecule has 0 radical (unpaired) electrons. The predicted octanol–water partition coefficient (Wildman–Crippen LogP) is 3.04. The van der Waals surface area contributed by atoms with Crippen molar-refractivity contribution in [3.05, 3.63) is 53.5 Å². The normalized spacial score (nSPS) is 10.4. The highest BCUT2D eigenvalue weighted by atomic mass is 32.2. The molecule has 0 atom stereocenters. The zero-order valence-electron chi connectivity index (χ0n) is 12.3. The average molecular weight is 304 g/mol. The number of carbonyl (C=O) groups excluding carboxylic acids is 1. The molecule has 2 rings (SSSR count). The minimum absolute atomic E-state index is 0.00417. The van der Waals surface area contributed by atoms with Gasteiger partial charge in [0.1, 0.15) is 11.5 Å². The first kappa shape index (κ1) is 15.5. The molecule has 21 heavy (non-hydrogen) atoms. The third-order valence-corrected chi connectivity index (χ3v) is 3.68. The predicted molar refractivity (Wildman–Crippen MR) is 87.5 cm³/mol. The molecule has 0 aliphatic heterocycles. The molecule has 4 nitrogen and oxygen atoms in total. The number of nitrogens with one attached hydrogen (secondary N) is 2. The Hall–Kier alpha value is -1.88. The number of amides is 1. The Kier molecular flexibility index (Phi) is 5.75. The van der Waals surface area contributed by atoms with Crippen molar-refractivity contribution in [3.63, 3.8) is 0 Å². The van der Waals surface area contributed by atoms with Gasteiger partial charge in [-0.3, -0.25) is 4.79 Å². The van der Waals surface area contributed by atoms with Crippen LogP contribution in [0.25, 0.3) is 0 Å². The van der Waals surface area contributed by atoms with Crippen molar-refractivity contribution in [1.29, 1.82) is 0 Å². The Morgan fingerprint density at radius 1 is 1.19 bits per heavy atom. The second-order valence-electron chi connectivity index (χ2n) is 4.66. The lowest BCUT2D eigenvalue weighted by Crippen LogP contribution is -2.20. The SMILES string of the molecule is CNC(=O)Cc1ccccc1NCc1ccc(CSC)o1. The first-order chi connectivity index (χ1) is 10.2. The van der Waals surface area contributed by atoms with Gasteiger partial charge in [0, 0.05) is 12.7 Å². The van der Waals surface area contributed by atoms with E-state index in [0.29, 0.717) is 13.0 Å². The average Bonchev–Trinajstić information content (AvgIpc) is 2.94. The third-order valence-electron chi connectivity index (χ3n) is 3.10. The maximum atomic E-state index is 11.5. The first-order valence-corrected chi connectivity index (χ1v) is 8.21. The van der Waals surface area contributed by atoms with E-state index in [-0.39, 0.29) is 5.91 Å². The molecule has 0 aliphatic rings. The topological polar surface area (TPSA) is 54.3 Å². The largest absolute Gasteiger partial charge is 0.463 e. The number of hydrogen-bond donors (Lipinski definition) is 2. The van der Waals surface area contributed by atoms with Crippen LogP contribution >= 0.6 is 11.8 Å². The number of benzene rings is 1. The van der Waals surface area contributed by atoms with E-state index < -0.39 is 0 Å². The summed E-state index contributed by atoms with van der Waals surface area (Å²) < 4.78 is 5.73. The van der Waals surface area contributed by atoms with Crippen LogP contribution < -0.4 is 10.6 Å². The molecular formula is C16H20N2O2S. The number of rotatable bonds is 7. The van der Waals surface area contributed by atoms with E-state index in [1.807, 2.05) is 36.4 Å². The monoisotopic (exact) mass is 304 g/mol. The summed E-state index contributed by atoms with van der Waals surface area (Å²) in [7, 11) is 1.65. The van der Waals surface area contributed by atoms with Crippen LogP contribution in [0.15, 0.2) is 40.8 Å². The Labute approximate surface area is 129 Å². The van der Waals surface area contributed by atoms with Gasteiger partial charge >= 0.3 is 0 Å². The summed E-state index contributed by atoms with van der Waals surface area (Å²) in [6, 6.07) is 11.8. The molecule has 0 spiro atoms. The highest BCUT2D eigenvalue weighted by molar-refractivity contribution is 7.97. The molecule has 0 bridgehead atoms. The van der Waals surface area contributed by atoms with Gasteiger partial charge in [0.2, 0.25) is 5.91 Å². The number of thioether (sulfide) groups is 1. The van der Waals surface area contributed by atoms with Crippen molar-refractivity contribution < 1.29 is 9.21 Å². The molecule has 112 valence electrons. The van der Waals surface area contributed by atoms with Crippen molar-refractivity contribution >= 4 is 23.4 Å². The van der Waals surface area contributed by atoms with Gasteiger partial charge in [-0.1, -0.05) is 18.2 Å². The molecule has 0 fully saturated rings. The van der Waals surface area contributed by atoms with Crippen molar-refractivity contribution in [2.75, 3.05) is 18.6 Å². The molecule has 1 heterocycles. The lowest BCUT2D eigenvalue weighted by Gasteiger charge is -2.10. The van der Waals surface area contributed by atoms with Gasteiger partial charge in [-0.05, 0) is 30.0 Å². The second-order valence-corrected chi connectivity index (χ2v) is 5.53. The smallest absolute Gasteiger partial charge is 0.224 e. The molecule has 0 aliphatic carbocycles. The summed E-state index contributed by atoms with van der Waals surface area (Å²) in [5.74, 6) is 2.77. The van der Waals surface area contributed by atoms with Crippen molar-refractivity contribution in [3.8, 4) is 0 Å². The van der Waals surface area contributed by atoms with Crippen molar-refractivity contribution in [2.45, 2.75) is 18.7 Å². The molecule has 1 aromatic heterocycles. The molecule has 1 amide bonds. The number of likely N-dealkylation sites (N-methyl/N-ethyl adjacent to an activating group) is 1. The van der Waals surface area contributed by atoms with E-state index in [1.165, 1.54) is 0 Å². The zero-order valence-corrected chi connectivity index (χ0v) is 13.1. The summed E-state index contributed by atoms with van der Waals surface area (Å²) in [6.45, 7) is 0.610. The van der Waals surface area contributed by atoms with Crippen LogP contribution in [0, 0.1) is 0 Å². The van der Waals surface area contributed by atoms with Crippen molar-refractivity contribution in [1.82, 2.24) is 5.32 Å². The Bertz CT molecular complexity index is 595. The standard InChI is InChI=1S/C16H20N2O2S/c1-17-16(19)9-12-5-3-4-6-15(12)18-10-13-7-8-14(20-13)11-21-2/h3-8,18H,9-11H2,1-2H3,(H,17,19). The van der Waals surface area contributed by atoms with E-state index in [9.17, 15) is 4.79 Å². The van der Waals surface area contributed by atoms with E-state index in [1.54, 1.807) is 18.8 Å². The minimum atomic E-state index is 0.00417. The quantitative estimate of drug-likeness (QED) is 0.825. The summed E-state index contributed by atoms with van der Waals surface area (Å²) in [5.41, 5.74) is 1.94. The van der Waals surface area contributed by atoms with Gasteiger partial charge < -0.3 is 15.1 Å². The molecule has 0 saturated carbocycles. The summed E-state index contributed by atoms with van der Waals surface area (Å²) in [4.78, 5) is 11.5. The molecule has 1 aromatic carbocycles.